The smallest absolute Gasteiger partial charge is 0.191 e. The summed E-state index contributed by atoms with van der Waals surface area (Å²) < 4.78 is 12.9. The van der Waals surface area contributed by atoms with Crippen LogP contribution in [0.15, 0.2) is 17.3 Å². The molecule has 1 aliphatic rings. The molecule has 0 amide bonds. The topological polar surface area (TPSA) is 72.7 Å². The van der Waals surface area contributed by atoms with Gasteiger partial charge in [-0.1, -0.05) is 0 Å². The van der Waals surface area contributed by atoms with E-state index >= 15 is 0 Å². The van der Waals surface area contributed by atoms with E-state index in [0.717, 1.165) is 57.4 Å². The molecule has 0 radical (unpaired) electrons. The molecule has 0 aliphatic carbocycles. The summed E-state index contributed by atoms with van der Waals surface area (Å²) in [7, 11) is 1.93. The highest BCUT2D eigenvalue weighted by molar-refractivity contribution is 5.79. The fraction of sp³-hybridized carbons (Fsp3) is 0.733. The summed E-state index contributed by atoms with van der Waals surface area (Å²) >= 11 is 0. The maximum absolute atomic E-state index is 5.74. The molecule has 1 aromatic rings. The third-order valence-corrected chi connectivity index (χ3v) is 3.52. The van der Waals surface area contributed by atoms with Crippen LogP contribution in [0.25, 0.3) is 0 Å². The van der Waals surface area contributed by atoms with E-state index in [1.807, 2.05) is 17.8 Å². The van der Waals surface area contributed by atoms with Crippen molar-refractivity contribution in [3.8, 4) is 0 Å². The zero-order chi connectivity index (χ0) is 15.6. The van der Waals surface area contributed by atoms with Crippen LogP contribution in [0.3, 0.4) is 0 Å². The Labute approximate surface area is 132 Å². The van der Waals surface area contributed by atoms with Crippen LogP contribution in [0.2, 0.25) is 0 Å². The van der Waals surface area contributed by atoms with E-state index in [0.29, 0.717) is 6.54 Å². The molecule has 2 rings (SSSR count). The quantitative estimate of drug-likeness (QED) is 0.419. The summed E-state index contributed by atoms with van der Waals surface area (Å²) in [5.41, 5.74) is 1.08. The molecule has 2 heterocycles. The van der Waals surface area contributed by atoms with Gasteiger partial charge in [0.25, 0.3) is 0 Å². The van der Waals surface area contributed by atoms with Crippen LogP contribution in [0.4, 0.5) is 0 Å². The Morgan fingerprint density at radius 1 is 1.55 bits per heavy atom. The maximum Gasteiger partial charge on any atom is 0.191 e. The molecule has 22 heavy (non-hydrogen) atoms. The molecule has 7 heteroatoms. The van der Waals surface area contributed by atoms with E-state index in [1.54, 1.807) is 6.20 Å². The van der Waals surface area contributed by atoms with Gasteiger partial charge in [-0.3, -0.25) is 4.68 Å². The largest absolute Gasteiger partial charge is 0.379 e. The van der Waals surface area contributed by atoms with Crippen LogP contribution in [0.5, 0.6) is 0 Å². The molecule has 1 aliphatic heterocycles. The van der Waals surface area contributed by atoms with Gasteiger partial charge >= 0.3 is 0 Å². The van der Waals surface area contributed by atoms with Gasteiger partial charge < -0.3 is 20.1 Å². The van der Waals surface area contributed by atoms with Gasteiger partial charge in [-0.05, 0) is 25.8 Å². The van der Waals surface area contributed by atoms with Crippen LogP contribution < -0.4 is 10.6 Å². The minimum absolute atomic E-state index is 0.284. The van der Waals surface area contributed by atoms with Gasteiger partial charge in [0.15, 0.2) is 5.96 Å². The lowest BCUT2D eigenvalue weighted by Crippen LogP contribution is -2.38. The molecule has 0 saturated carbocycles. The summed E-state index contributed by atoms with van der Waals surface area (Å²) in [4.78, 5) is 4.56. The molecule has 1 unspecified atom stereocenters. The zero-order valence-corrected chi connectivity index (χ0v) is 13.5. The lowest BCUT2D eigenvalue weighted by atomic mass is 10.3. The zero-order valence-electron chi connectivity index (χ0n) is 13.5. The summed E-state index contributed by atoms with van der Waals surface area (Å²) in [6.45, 7) is 6.67. The Morgan fingerprint density at radius 2 is 2.45 bits per heavy atom. The van der Waals surface area contributed by atoms with E-state index in [-0.39, 0.29) is 6.10 Å². The molecular formula is C15H27N5O2. The van der Waals surface area contributed by atoms with Gasteiger partial charge in [-0.25, -0.2) is 4.99 Å². The molecular weight excluding hydrogens is 282 g/mol. The Balaban J connectivity index is 1.65. The summed E-state index contributed by atoms with van der Waals surface area (Å²) in [5.74, 6) is 0.827. The highest BCUT2D eigenvalue weighted by Crippen LogP contribution is 2.07. The lowest BCUT2D eigenvalue weighted by Gasteiger charge is -2.13. The van der Waals surface area contributed by atoms with Crippen molar-refractivity contribution in [1.82, 2.24) is 20.4 Å². The average molecular weight is 309 g/mol. The average Bonchev–Trinajstić information content (AvgIpc) is 3.16. The number of guanidine groups is 1. The predicted molar refractivity (Wildman–Crippen MR) is 85.8 cm³/mol. The van der Waals surface area contributed by atoms with Crippen LogP contribution in [-0.4, -0.2) is 54.8 Å². The predicted octanol–water partition coefficient (Wildman–Crippen LogP) is 0.671. The summed E-state index contributed by atoms with van der Waals surface area (Å²) in [6, 6.07) is 1.98. The number of aliphatic imine (C=N–C) groups is 1. The van der Waals surface area contributed by atoms with Crippen molar-refractivity contribution in [2.75, 3.05) is 32.9 Å². The third kappa shape index (κ3) is 5.65. The second kappa shape index (κ2) is 9.42. The standard InChI is InChI=1S/C15H27N5O2/c1-3-16-15(18-11-13-5-8-19-20(13)2)17-7-4-9-22-14-6-10-21-12-14/h5,8,14H,3-4,6-7,9-12H2,1-2H3,(H2,16,17,18). The minimum Gasteiger partial charge on any atom is -0.379 e. The number of aryl methyl sites for hydroxylation is 1. The molecule has 2 N–H and O–H groups in total. The van der Waals surface area contributed by atoms with Gasteiger partial charge in [0, 0.05) is 39.5 Å². The van der Waals surface area contributed by atoms with Crippen LogP contribution >= 0.6 is 0 Å². The van der Waals surface area contributed by atoms with Crippen LogP contribution in [0.1, 0.15) is 25.5 Å². The third-order valence-electron chi connectivity index (χ3n) is 3.52. The van der Waals surface area contributed by atoms with Crippen LogP contribution in [0, 0.1) is 0 Å². The van der Waals surface area contributed by atoms with Gasteiger partial charge in [0.2, 0.25) is 0 Å². The van der Waals surface area contributed by atoms with Gasteiger partial charge in [-0.2, -0.15) is 5.10 Å². The maximum atomic E-state index is 5.74. The van der Waals surface area contributed by atoms with E-state index in [2.05, 4.69) is 27.6 Å². The van der Waals surface area contributed by atoms with Gasteiger partial charge in [0.1, 0.15) is 0 Å². The first-order chi connectivity index (χ1) is 10.8. The van der Waals surface area contributed by atoms with E-state index in [9.17, 15) is 0 Å². The van der Waals surface area contributed by atoms with Crippen LogP contribution in [-0.2, 0) is 23.1 Å². The molecule has 1 atom stereocenters. The molecule has 1 fully saturated rings. The fourth-order valence-corrected chi connectivity index (χ4v) is 2.23. The molecule has 0 spiro atoms. The Morgan fingerprint density at radius 3 is 3.14 bits per heavy atom. The van der Waals surface area contributed by atoms with E-state index in [1.165, 1.54) is 0 Å². The molecule has 0 bridgehead atoms. The molecule has 1 aromatic heterocycles. The number of nitrogens with one attached hydrogen (secondary N) is 2. The summed E-state index contributed by atoms with van der Waals surface area (Å²) in [6.07, 6.45) is 4.04. The fourth-order valence-electron chi connectivity index (χ4n) is 2.23. The number of hydrogen-bond donors (Lipinski definition) is 2. The highest BCUT2D eigenvalue weighted by Gasteiger charge is 2.15. The number of nitrogens with zero attached hydrogens (tertiary/aromatic N) is 3. The first kappa shape index (κ1) is 16.8. The first-order valence-corrected chi connectivity index (χ1v) is 7.98. The van der Waals surface area contributed by atoms with Crippen molar-refractivity contribution in [2.45, 2.75) is 32.4 Å². The molecule has 124 valence electrons. The van der Waals surface area contributed by atoms with Crippen molar-refractivity contribution < 1.29 is 9.47 Å². The number of aromatic nitrogens is 2. The monoisotopic (exact) mass is 309 g/mol. The number of hydrogen-bond acceptors (Lipinski definition) is 4. The Hall–Kier alpha value is -1.60. The normalized spacial score (nSPS) is 18.6. The SMILES string of the molecule is CCNC(=NCc1ccnn1C)NCCCOC1CCOC1. The van der Waals surface area contributed by atoms with Crippen molar-refractivity contribution in [1.29, 1.82) is 0 Å². The first-order valence-electron chi connectivity index (χ1n) is 7.98. The van der Waals surface area contributed by atoms with Crippen molar-refractivity contribution >= 4 is 5.96 Å². The second-order valence-corrected chi connectivity index (χ2v) is 5.28. The molecule has 1 saturated heterocycles. The highest BCUT2D eigenvalue weighted by atomic mass is 16.5. The molecule has 0 aromatic carbocycles. The number of rotatable bonds is 8. The van der Waals surface area contributed by atoms with Gasteiger partial charge in [0.05, 0.1) is 24.9 Å². The number of ether oxygens (including phenoxy) is 2. The van der Waals surface area contributed by atoms with E-state index < -0.39 is 0 Å². The summed E-state index contributed by atoms with van der Waals surface area (Å²) in [5, 5.41) is 10.7. The molecule has 7 nitrogen and oxygen atoms in total. The Bertz CT molecular complexity index is 455. The Kier molecular flexibility index (Phi) is 7.18. The second-order valence-electron chi connectivity index (χ2n) is 5.28. The van der Waals surface area contributed by atoms with Crippen molar-refractivity contribution in [3.05, 3.63) is 18.0 Å². The van der Waals surface area contributed by atoms with Crippen molar-refractivity contribution in [3.63, 3.8) is 0 Å². The minimum atomic E-state index is 0.284. The van der Waals surface area contributed by atoms with Crippen molar-refractivity contribution in [2.24, 2.45) is 12.0 Å². The van der Waals surface area contributed by atoms with E-state index in [4.69, 9.17) is 9.47 Å². The van der Waals surface area contributed by atoms with Gasteiger partial charge in [-0.15, -0.1) is 0 Å². The lowest BCUT2D eigenvalue weighted by molar-refractivity contribution is 0.0420.